The number of rotatable bonds is 4. The minimum absolute atomic E-state index is 0.278. The summed E-state index contributed by atoms with van der Waals surface area (Å²) in [6.07, 6.45) is 9.35. The summed E-state index contributed by atoms with van der Waals surface area (Å²) in [5.41, 5.74) is 1.89. The zero-order chi connectivity index (χ0) is 15.8. The molecule has 6 nitrogen and oxygen atoms in total. The van der Waals surface area contributed by atoms with Crippen LogP contribution in [0.2, 0.25) is 0 Å². The van der Waals surface area contributed by atoms with E-state index in [1.807, 2.05) is 23.0 Å². The van der Waals surface area contributed by atoms with Crippen molar-refractivity contribution in [2.24, 2.45) is 0 Å². The molecule has 0 aliphatic heterocycles. The zero-order valence-corrected chi connectivity index (χ0v) is 13.0. The van der Waals surface area contributed by atoms with E-state index in [1.165, 1.54) is 30.6 Å². The van der Waals surface area contributed by atoms with Crippen molar-refractivity contribution in [1.29, 1.82) is 0 Å². The van der Waals surface area contributed by atoms with Gasteiger partial charge in [0.05, 0.1) is 28.0 Å². The molecule has 0 radical (unpaired) electrons. The number of benzene rings is 1. The number of carboxylic acid groups (broad SMARTS) is 1. The minimum atomic E-state index is -0.926. The van der Waals surface area contributed by atoms with Crippen LogP contribution in [-0.4, -0.2) is 31.1 Å². The second kappa shape index (κ2) is 5.58. The van der Waals surface area contributed by atoms with Crippen LogP contribution < -0.4 is 0 Å². The van der Waals surface area contributed by atoms with Crippen LogP contribution >= 0.6 is 11.3 Å². The molecule has 0 amide bonds. The Morgan fingerprint density at radius 3 is 2.96 bits per heavy atom. The molecular formula is C16H14N4O2S. The van der Waals surface area contributed by atoms with Crippen molar-refractivity contribution in [2.45, 2.75) is 25.3 Å². The first-order valence-corrected chi connectivity index (χ1v) is 8.24. The fourth-order valence-corrected chi connectivity index (χ4v) is 3.41. The van der Waals surface area contributed by atoms with Gasteiger partial charge < -0.3 is 5.11 Å². The maximum absolute atomic E-state index is 11.0. The Hall–Kier alpha value is -2.54. The van der Waals surface area contributed by atoms with Gasteiger partial charge in [-0.05, 0) is 49.6 Å². The molecule has 1 saturated carbocycles. The molecule has 1 aliphatic rings. The van der Waals surface area contributed by atoms with Crippen molar-refractivity contribution in [1.82, 2.24) is 20.0 Å². The predicted octanol–water partition coefficient (Wildman–Crippen LogP) is 3.48. The van der Waals surface area contributed by atoms with Crippen molar-refractivity contribution < 1.29 is 9.90 Å². The first-order chi connectivity index (χ1) is 11.2. The van der Waals surface area contributed by atoms with Gasteiger partial charge in [0.2, 0.25) is 0 Å². The molecule has 0 spiro atoms. The highest BCUT2D eigenvalue weighted by Gasteiger charge is 2.20. The van der Waals surface area contributed by atoms with Crippen molar-refractivity contribution in [3.05, 3.63) is 40.7 Å². The topological polar surface area (TPSA) is 80.9 Å². The van der Waals surface area contributed by atoms with Crippen LogP contribution in [0.1, 0.15) is 46.4 Å². The lowest BCUT2D eigenvalue weighted by molar-refractivity contribution is 0.0697. The minimum Gasteiger partial charge on any atom is -0.478 e. The average Bonchev–Trinajstić information content (AvgIpc) is 3.08. The number of aromatic nitrogens is 4. The highest BCUT2D eigenvalue weighted by molar-refractivity contribution is 7.19. The van der Waals surface area contributed by atoms with Crippen LogP contribution in [0.3, 0.4) is 0 Å². The number of thiazole rings is 1. The fraction of sp³-hybridized carbons (Fsp3) is 0.250. The number of hydrogen-bond donors (Lipinski definition) is 1. The molecule has 1 N–H and O–H groups in total. The van der Waals surface area contributed by atoms with Crippen LogP contribution in [-0.2, 0) is 0 Å². The summed E-state index contributed by atoms with van der Waals surface area (Å²) in [6.45, 7) is 0. The quantitative estimate of drug-likeness (QED) is 0.794. The predicted molar refractivity (Wildman–Crippen MR) is 88.4 cm³/mol. The summed E-state index contributed by atoms with van der Waals surface area (Å²) in [6, 6.07) is 5.46. The van der Waals surface area contributed by atoms with E-state index < -0.39 is 5.97 Å². The summed E-state index contributed by atoms with van der Waals surface area (Å²) < 4.78 is 2.79. The molecule has 1 aliphatic carbocycles. The molecule has 1 fully saturated rings. The highest BCUT2D eigenvalue weighted by Crippen LogP contribution is 2.30. The smallest absolute Gasteiger partial charge is 0.335 e. The molecule has 0 bridgehead atoms. The Kier molecular flexibility index (Phi) is 3.42. The standard InChI is InChI=1S/C16H14N4O2S/c21-16(22)10-4-6-13-14(8-10)23-15(17-13)7-5-11-9-20(19-18-11)12-2-1-3-12/h4-9,12H,1-3H2,(H,21,22)/b7-5+. The lowest BCUT2D eigenvalue weighted by Crippen LogP contribution is -2.17. The average molecular weight is 326 g/mol. The third-order valence-corrected chi connectivity index (χ3v) is 5.01. The normalized spacial score (nSPS) is 15.3. The molecule has 1 aromatic carbocycles. The van der Waals surface area contributed by atoms with Crippen molar-refractivity contribution in [3.63, 3.8) is 0 Å². The Morgan fingerprint density at radius 1 is 1.35 bits per heavy atom. The Bertz CT molecular complexity index is 908. The van der Waals surface area contributed by atoms with E-state index in [0.29, 0.717) is 6.04 Å². The van der Waals surface area contributed by atoms with E-state index >= 15 is 0 Å². The van der Waals surface area contributed by atoms with Crippen LogP contribution in [0.15, 0.2) is 24.4 Å². The Morgan fingerprint density at radius 2 is 2.22 bits per heavy atom. The monoisotopic (exact) mass is 326 g/mol. The van der Waals surface area contributed by atoms with E-state index in [1.54, 1.807) is 18.2 Å². The summed E-state index contributed by atoms with van der Waals surface area (Å²) in [4.78, 5) is 15.5. The number of fused-ring (bicyclic) bond motifs is 1. The van der Waals surface area contributed by atoms with Crippen LogP contribution in [0.25, 0.3) is 22.4 Å². The molecule has 116 valence electrons. The SMILES string of the molecule is O=C(O)c1ccc2nc(/C=C/c3cn(C4CCC4)nn3)sc2c1. The van der Waals surface area contributed by atoms with Gasteiger partial charge in [0.25, 0.3) is 0 Å². The van der Waals surface area contributed by atoms with Crippen LogP contribution in [0.4, 0.5) is 0 Å². The van der Waals surface area contributed by atoms with Crippen molar-refractivity contribution >= 4 is 39.7 Å². The lowest BCUT2D eigenvalue weighted by atomic mass is 9.93. The second-order valence-corrected chi connectivity index (χ2v) is 6.64. The fourth-order valence-electron chi connectivity index (χ4n) is 2.50. The zero-order valence-electron chi connectivity index (χ0n) is 12.2. The third-order valence-electron chi connectivity index (χ3n) is 4.03. The number of hydrogen-bond acceptors (Lipinski definition) is 5. The van der Waals surface area contributed by atoms with Gasteiger partial charge in [-0.2, -0.15) is 0 Å². The molecule has 0 unspecified atom stereocenters. The maximum atomic E-state index is 11.0. The van der Waals surface area contributed by atoms with E-state index in [2.05, 4.69) is 15.3 Å². The van der Waals surface area contributed by atoms with Gasteiger partial charge in [0.15, 0.2) is 0 Å². The van der Waals surface area contributed by atoms with E-state index in [4.69, 9.17) is 5.11 Å². The molecule has 23 heavy (non-hydrogen) atoms. The number of aromatic carboxylic acids is 1. The summed E-state index contributed by atoms with van der Waals surface area (Å²) in [7, 11) is 0. The molecule has 4 rings (SSSR count). The first-order valence-electron chi connectivity index (χ1n) is 7.43. The van der Waals surface area contributed by atoms with Gasteiger partial charge in [-0.15, -0.1) is 16.4 Å². The number of carbonyl (C=O) groups is 1. The Labute approximate surface area is 136 Å². The third kappa shape index (κ3) is 2.75. The molecule has 2 aromatic heterocycles. The molecule has 3 aromatic rings. The lowest BCUT2D eigenvalue weighted by Gasteiger charge is -2.24. The van der Waals surface area contributed by atoms with Gasteiger partial charge in [-0.3, -0.25) is 0 Å². The number of nitrogens with zero attached hydrogens (tertiary/aromatic N) is 4. The molecule has 7 heteroatoms. The van der Waals surface area contributed by atoms with Gasteiger partial charge >= 0.3 is 5.97 Å². The molecule has 0 saturated heterocycles. The summed E-state index contributed by atoms with van der Waals surface area (Å²) >= 11 is 1.46. The van der Waals surface area contributed by atoms with E-state index in [-0.39, 0.29) is 5.56 Å². The number of carboxylic acids is 1. The molecular weight excluding hydrogens is 312 g/mol. The summed E-state index contributed by atoms with van der Waals surface area (Å²) in [5, 5.41) is 18.2. The first kappa shape index (κ1) is 14.1. The maximum Gasteiger partial charge on any atom is 0.335 e. The van der Waals surface area contributed by atoms with Gasteiger partial charge in [0.1, 0.15) is 10.7 Å². The molecule has 2 heterocycles. The van der Waals surface area contributed by atoms with Gasteiger partial charge in [-0.1, -0.05) is 5.21 Å². The van der Waals surface area contributed by atoms with Crippen LogP contribution in [0, 0.1) is 0 Å². The van der Waals surface area contributed by atoms with Gasteiger partial charge in [-0.25, -0.2) is 14.5 Å². The summed E-state index contributed by atoms with van der Waals surface area (Å²) in [5.74, 6) is -0.926. The largest absolute Gasteiger partial charge is 0.478 e. The van der Waals surface area contributed by atoms with E-state index in [9.17, 15) is 4.79 Å². The van der Waals surface area contributed by atoms with Gasteiger partial charge in [0, 0.05) is 0 Å². The second-order valence-electron chi connectivity index (χ2n) is 5.58. The van der Waals surface area contributed by atoms with E-state index in [0.717, 1.165) is 20.9 Å². The van der Waals surface area contributed by atoms with Crippen molar-refractivity contribution in [3.8, 4) is 0 Å². The highest BCUT2D eigenvalue weighted by atomic mass is 32.1. The Balaban J connectivity index is 1.56. The molecule has 0 atom stereocenters. The van der Waals surface area contributed by atoms with Crippen molar-refractivity contribution in [2.75, 3.05) is 0 Å². The van der Waals surface area contributed by atoms with Crippen LogP contribution in [0.5, 0.6) is 0 Å².